The first-order valence-corrected chi connectivity index (χ1v) is 8.19. The van der Waals surface area contributed by atoms with Gasteiger partial charge >= 0.3 is 0 Å². The summed E-state index contributed by atoms with van der Waals surface area (Å²) >= 11 is 5.93. The minimum atomic E-state index is 0.0183. The van der Waals surface area contributed by atoms with Crippen molar-refractivity contribution in [2.45, 2.75) is 27.2 Å². The van der Waals surface area contributed by atoms with Crippen LogP contribution in [0.25, 0.3) is 5.69 Å². The van der Waals surface area contributed by atoms with Gasteiger partial charge in [0.05, 0.1) is 17.8 Å². The van der Waals surface area contributed by atoms with E-state index >= 15 is 0 Å². The second kappa shape index (κ2) is 8.13. The molecule has 23 heavy (non-hydrogen) atoms. The van der Waals surface area contributed by atoms with Crippen molar-refractivity contribution < 1.29 is 4.79 Å². The van der Waals surface area contributed by atoms with Crippen LogP contribution in [0.3, 0.4) is 0 Å². The van der Waals surface area contributed by atoms with Crippen molar-refractivity contribution >= 4 is 17.5 Å². The lowest BCUT2D eigenvalue weighted by Gasteiger charge is -2.07. The molecule has 0 aliphatic carbocycles. The Bertz CT molecular complexity index is 664. The normalized spacial score (nSPS) is 10.8. The molecule has 0 saturated carbocycles. The molecule has 0 unspecified atom stereocenters. The predicted octanol–water partition coefficient (Wildman–Crippen LogP) is 2.41. The smallest absolute Gasteiger partial charge is 0.224 e. The first kappa shape index (κ1) is 17.5. The van der Waals surface area contributed by atoms with Crippen LogP contribution in [0, 0.1) is 13.8 Å². The molecule has 0 atom stereocenters. The lowest BCUT2D eigenvalue weighted by molar-refractivity contribution is -0.120. The molecule has 1 aromatic carbocycles. The molecule has 1 amide bonds. The molecule has 2 rings (SSSR count). The van der Waals surface area contributed by atoms with Gasteiger partial charge in [0, 0.05) is 29.4 Å². The summed E-state index contributed by atoms with van der Waals surface area (Å²) in [6, 6.07) is 7.50. The number of amides is 1. The Morgan fingerprint density at radius 2 is 1.91 bits per heavy atom. The second-order valence-electron chi connectivity index (χ2n) is 5.42. The largest absolute Gasteiger partial charge is 0.355 e. The van der Waals surface area contributed by atoms with E-state index in [2.05, 4.69) is 15.7 Å². The molecule has 1 heterocycles. The fourth-order valence-corrected chi connectivity index (χ4v) is 2.58. The summed E-state index contributed by atoms with van der Waals surface area (Å²) in [6.07, 6.45) is 0.345. The first-order chi connectivity index (χ1) is 11.0. The van der Waals surface area contributed by atoms with Crippen LogP contribution in [0.1, 0.15) is 23.9 Å². The molecule has 0 fully saturated rings. The van der Waals surface area contributed by atoms with Gasteiger partial charge in [-0.2, -0.15) is 5.10 Å². The number of benzene rings is 1. The topological polar surface area (TPSA) is 58.9 Å². The van der Waals surface area contributed by atoms with E-state index in [1.165, 1.54) is 0 Å². The Morgan fingerprint density at radius 1 is 1.22 bits per heavy atom. The van der Waals surface area contributed by atoms with Crippen molar-refractivity contribution in [1.29, 1.82) is 0 Å². The van der Waals surface area contributed by atoms with Gasteiger partial charge in [-0.05, 0) is 44.7 Å². The standard InChI is InChI=1S/C17H23ClN4O/c1-4-19-9-10-20-17(23)11-16-12(2)21-22(13(16)3)15-7-5-14(18)6-8-15/h5-8,19H,4,9-11H2,1-3H3,(H,20,23). The third-order valence-corrected chi connectivity index (χ3v) is 3.98. The molecule has 0 saturated heterocycles. The summed E-state index contributed by atoms with van der Waals surface area (Å²) in [7, 11) is 0. The average Bonchev–Trinajstić information content (AvgIpc) is 2.80. The van der Waals surface area contributed by atoms with Gasteiger partial charge in [0.25, 0.3) is 0 Å². The lowest BCUT2D eigenvalue weighted by Crippen LogP contribution is -2.32. The number of carbonyl (C=O) groups excluding carboxylic acids is 1. The molecule has 5 nitrogen and oxygen atoms in total. The van der Waals surface area contributed by atoms with Crippen LogP contribution < -0.4 is 10.6 Å². The summed E-state index contributed by atoms with van der Waals surface area (Å²) < 4.78 is 1.85. The van der Waals surface area contributed by atoms with Crippen LogP contribution >= 0.6 is 11.6 Å². The van der Waals surface area contributed by atoms with Gasteiger partial charge in [0.15, 0.2) is 0 Å². The molecule has 0 aliphatic rings. The van der Waals surface area contributed by atoms with E-state index in [0.29, 0.717) is 18.0 Å². The maximum atomic E-state index is 12.1. The number of rotatable bonds is 7. The Morgan fingerprint density at radius 3 is 2.57 bits per heavy atom. The van der Waals surface area contributed by atoms with E-state index in [-0.39, 0.29) is 5.91 Å². The number of carbonyl (C=O) groups is 1. The predicted molar refractivity (Wildman–Crippen MR) is 93.3 cm³/mol. The van der Waals surface area contributed by atoms with E-state index in [0.717, 1.165) is 35.7 Å². The molecule has 1 aromatic heterocycles. The summed E-state index contributed by atoms with van der Waals surface area (Å²) in [5, 5.41) is 11.3. The molecule has 2 N–H and O–H groups in total. The van der Waals surface area contributed by atoms with Crippen LogP contribution in [0.15, 0.2) is 24.3 Å². The van der Waals surface area contributed by atoms with E-state index < -0.39 is 0 Å². The summed E-state index contributed by atoms with van der Waals surface area (Å²) in [5.74, 6) is 0.0183. The van der Waals surface area contributed by atoms with E-state index in [4.69, 9.17) is 11.6 Å². The van der Waals surface area contributed by atoms with Gasteiger partial charge in [-0.25, -0.2) is 4.68 Å². The molecule has 124 valence electrons. The molecule has 6 heteroatoms. The van der Waals surface area contributed by atoms with Crippen LogP contribution in [0.5, 0.6) is 0 Å². The van der Waals surface area contributed by atoms with Crippen molar-refractivity contribution in [3.63, 3.8) is 0 Å². The van der Waals surface area contributed by atoms with Crippen molar-refractivity contribution in [2.24, 2.45) is 0 Å². The van der Waals surface area contributed by atoms with Crippen molar-refractivity contribution in [1.82, 2.24) is 20.4 Å². The molecule has 2 aromatic rings. The minimum Gasteiger partial charge on any atom is -0.355 e. The van der Waals surface area contributed by atoms with Crippen LogP contribution in [-0.2, 0) is 11.2 Å². The second-order valence-corrected chi connectivity index (χ2v) is 5.85. The quantitative estimate of drug-likeness (QED) is 0.764. The average molecular weight is 335 g/mol. The molecule has 0 bridgehead atoms. The zero-order chi connectivity index (χ0) is 16.8. The third-order valence-electron chi connectivity index (χ3n) is 3.72. The SMILES string of the molecule is CCNCCNC(=O)Cc1c(C)nn(-c2ccc(Cl)cc2)c1C. The highest BCUT2D eigenvalue weighted by Gasteiger charge is 2.15. The number of hydrogen-bond acceptors (Lipinski definition) is 3. The molecular weight excluding hydrogens is 312 g/mol. The maximum absolute atomic E-state index is 12.1. The van der Waals surface area contributed by atoms with E-state index in [9.17, 15) is 4.79 Å². The van der Waals surface area contributed by atoms with E-state index in [1.54, 1.807) is 0 Å². The van der Waals surface area contributed by atoms with Crippen molar-refractivity contribution in [2.75, 3.05) is 19.6 Å². The Hall–Kier alpha value is -1.85. The molecule has 0 spiro atoms. The lowest BCUT2D eigenvalue weighted by atomic mass is 10.1. The number of aromatic nitrogens is 2. The zero-order valence-corrected chi connectivity index (χ0v) is 14.6. The van der Waals surface area contributed by atoms with E-state index in [1.807, 2.05) is 49.7 Å². The highest BCUT2D eigenvalue weighted by Crippen LogP contribution is 2.20. The van der Waals surface area contributed by atoms with Gasteiger partial charge in [0.1, 0.15) is 0 Å². The molecule has 0 aliphatic heterocycles. The number of hydrogen-bond donors (Lipinski definition) is 2. The maximum Gasteiger partial charge on any atom is 0.224 e. The van der Waals surface area contributed by atoms with Crippen LogP contribution in [-0.4, -0.2) is 35.3 Å². The summed E-state index contributed by atoms with van der Waals surface area (Å²) in [6.45, 7) is 8.28. The van der Waals surface area contributed by atoms with Crippen molar-refractivity contribution in [3.05, 3.63) is 46.2 Å². The number of nitrogens with one attached hydrogen (secondary N) is 2. The van der Waals surface area contributed by atoms with Gasteiger partial charge in [-0.1, -0.05) is 18.5 Å². The van der Waals surface area contributed by atoms with Gasteiger partial charge < -0.3 is 10.6 Å². The Balaban J connectivity index is 2.08. The summed E-state index contributed by atoms with van der Waals surface area (Å²) in [5.41, 5.74) is 3.76. The number of halogens is 1. The fourth-order valence-electron chi connectivity index (χ4n) is 2.45. The van der Waals surface area contributed by atoms with Gasteiger partial charge in [0.2, 0.25) is 5.91 Å². The summed E-state index contributed by atoms with van der Waals surface area (Å²) in [4.78, 5) is 12.1. The van der Waals surface area contributed by atoms with Crippen LogP contribution in [0.2, 0.25) is 5.02 Å². The van der Waals surface area contributed by atoms with Gasteiger partial charge in [-0.3, -0.25) is 4.79 Å². The zero-order valence-electron chi connectivity index (χ0n) is 13.8. The highest BCUT2D eigenvalue weighted by molar-refractivity contribution is 6.30. The number of nitrogens with zero attached hydrogens (tertiary/aromatic N) is 2. The first-order valence-electron chi connectivity index (χ1n) is 7.81. The Kier molecular flexibility index (Phi) is 6.19. The molecular formula is C17H23ClN4O. The monoisotopic (exact) mass is 334 g/mol. The minimum absolute atomic E-state index is 0.0183. The third kappa shape index (κ3) is 4.56. The van der Waals surface area contributed by atoms with Crippen molar-refractivity contribution in [3.8, 4) is 5.69 Å². The fraction of sp³-hybridized carbons (Fsp3) is 0.412. The van der Waals surface area contributed by atoms with Crippen LogP contribution in [0.4, 0.5) is 0 Å². The molecule has 0 radical (unpaired) electrons. The number of likely N-dealkylation sites (N-methyl/N-ethyl adjacent to an activating group) is 1. The van der Waals surface area contributed by atoms with Gasteiger partial charge in [-0.15, -0.1) is 0 Å². The highest BCUT2D eigenvalue weighted by atomic mass is 35.5. The number of aryl methyl sites for hydroxylation is 1. The Labute approximate surface area is 142 Å².